The highest BCUT2D eigenvalue weighted by molar-refractivity contribution is 6.02. The minimum Gasteiger partial charge on any atom is -0.386 e. The summed E-state index contributed by atoms with van der Waals surface area (Å²) >= 11 is 0. The lowest BCUT2D eigenvalue weighted by Crippen LogP contribution is -2.52. The third-order valence-electron chi connectivity index (χ3n) is 2.85. The van der Waals surface area contributed by atoms with Crippen LogP contribution >= 0.6 is 0 Å². The lowest BCUT2D eigenvalue weighted by molar-refractivity contribution is -0.130. The van der Waals surface area contributed by atoms with Crippen LogP contribution in [0, 0.1) is 0 Å². The maximum atomic E-state index is 11.4. The monoisotopic (exact) mass is 248 g/mol. The Hall–Kier alpha value is -1.88. The van der Waals surface area contributed by atoms with Gasteiger partial charge in [0.2, 0.25) is 11.8 Å². The van der Waals surface area contributed by atoms with Crippen LogP contribution in [0.4, 0.5) is 5.69 Å². The van der Waals surface area contributed by atoms with Crippen molar-refractivity contribution in [3.8, 4) is 0 Å². The van der Waals surface area contributed by atoms with Crippen LogP contribution < -0.4 is 10.2 Å². The lowest BCUT2D eigenvalue weighted by Gasteiger charge is -2.32. The van der Waals surface area contributed by atoms with Crippen LogP contribution in [0.3, 0.4) is 0 Å². The zero-order valence-corrected chi connectivity index (χ0v) is 10.4. The van der Waals surface area contributed by atoms with Gasteiger partial charge >= 0.3 is 0 Å². The van der Waals surface area contributed by atoms with Crippen molar-refractivity contribution in [3.05, 3.63) is 29.8 Å². The van der Waals surface area contributed by atoms with E-state index in [2.05, 4.69) is 5.32 Å². The Labute approximate surface area is 105 Å². The molecule has 18 heavy (non-hydrogen) atoms. The molecule has 0 spiro atoms. The molecule has 1 heterocycles. The highest BCUT2D eigenvalue weighted by atomic mass is 16.3. The van der Waals surface area contributed by atoms with Gasteiger partial charge in [-0.25, -0.2) is 0 Å². The summed E-state index contributed by atoms with van der Waals surface area (Å²) in [5.41, 5.74) is 0.397. The second kappa shape index (κ2) is 4.42. The lowest BCUT2D eigenvalue weighted by atomic mass is 9.95. The molecule has 2 rings (SSSR count). The van der Waals surface area contributed by atoms with E-state index in [1.54, 1.807) is 30.9 Å². The molecule has 1 aliphatic heterocycles. The van der Waals surface area contributed by atoms with Gasteiger partial charge in [-0.3, -0.25) is 14.9 Å². The van der Waals surface area contributed by atoms with Crippen LogP contribution in [0.2, 0.25) is 0 Å². The zero-order valence-electron chi connectivity index (χ0n) is 10.4. The maximum Gasteiger partial charge on any atom is 0.246 e. The third-order valence-corrected chi connectivity index (χ3v) is 2.85. The van der Waals surface area contributed by atoms with Gasteiger partial charge in [0, 0.05) is 11.3 Å². The molecular weight excluding hydrogens is 232 g/mol. The van der Waals surface area contributed by atoms with Crippen molar-refractivity contribution in [3.63, 3.8) is 0 Å². The van der Waals surface area contributed by atoms with Gasteiger partial charge in [-0.2, -0.15) is 0 Å². The number of nitrogens with zero attached hydrogens (tertiary/aromatic N) is 1. The van der Waals surface area contributed by atoms with Gasteiger partial charge in [0.1, 0.15) is 0 Å². The fourth-order valence-electron chi connectivity index (χ4n) is 2.07. The number of piperazine rings is 1. The fraction of sp³-hybridized carbons (Fsp3) is 0.385. The molecule has 0 saturated carbocycles. The average Bonchev–Trinajstić information content (AvgIpc) is 2.26. The predicted molar refractivity (Wildman–Crippen MR) is 67.0 cm³/mol. The second-order valence-corrected chi connectivity index (χ2v) is 4.90. The molecule has 5 nitrogen and oxygen atoms in total. The Bertz CT molecular complexity index is 475. The van der Waals surface area contributed by atoms with Crippen molar-refractivity contribution in [2.45, 2.75) is 19.4 Å². The first kappa shape index (κ1) is 12.6. The predicted octanol–water partition coefficient (Wildman–Crippen LogP) is 0.377. The molecule has 0 aromatic heterocycles. The first-order valence-electron chi connectivity index (χ1n) is 5.77. The third kappa shape index (κ3) is 2.51. The quantitative estimate of drug-likeness (QED) is 0.742. The maximum absolute atomic E-state index is 11.4. The number of nitrogens with one attached hydrogen (secondary N) is 1. The van der Waals surface area contributed by atoms with Gasteiger partial charge in [-0.1, -0.05) is 18.2 Å². The van der Waals surface area contributed by atoms with Gasteiger partial charge in [0.05, 0.1) is 18.7 Å². The molecular formula is C13H16N2O3. The molecule has 1 aromatic carbocycles. The summed E-state index contributed by atoms with van der Waals surface area (Å²) in [4.78, 5) is 24.4. The minimum absolute atomic E-state index is 0.124. The molecule has 0 bridgehead atoms. The summed E-state index contributed by atoms with van der Waals surface area (Å²) in [6.07, 6.45) is 0. The van der Waals surface area contributed by atoms with Crippen LogP contribution in [0.15, 0.2) is 24.3 Å². The minimum atomic E-state index is -1.02. The van der Waals surface area contributed by atoms with Gasteiger partial charge in [0.15, 0.2) is 0 Å². The number of aliphatic hydroxyl groups is 1. The fourth-order valence-corrected chi connectivity index (χ4v) is 2.07. The van der Waals surface area contributed by atoms with Crippen molar-refractivity contribution >= 4 is 17.5 Å². The van der Waals surface area contributed by atoms with Crippen LogP contribution in [0.25, 0.3) is 0 Å². The Balaban J connectivity index is 2.39. The van der Waals surface area contributed by atoms with Crippen molar-refractivity contribution in [1.82, 2.24) is 5.32 Å². The number of anilines is 1. The molecule has 1 saturated heterocycles. The summed E-state index contributed by atoms with van der Waals surface area (Å²) in [5, 5.41) is 12.4. The number of rotatable bonds is 2. The van der Waals surface area contributed by atoms with Crippen molar-refractivity contribution in [2.24, 2.45) is 0 Å². The Morgan fingerprint density at radius 3 is 2.28 bits per heavy atom. The summed E-state index contributed by atoms with van der Waals surface area (Å²) in [5.74, 6) is -0.645. The first-order valence-corrected chi connectivity index (χ1v) is 5.77. The van der Waals surface area contributed by atoms with Crippen molar-refractivity contribution < 1.29 is 14.7 Å². The molecule has 96 valence electrons. The molecule has 0 radical (unpaired) electrons. The molecule has 2 N–H and O–H groups in total. The van der Waals surface area contributed by atoms with E-state index in [4.69, 9.17) is 0 Å². The number of benzene rings is 1. The number of hydrogen-bond acceptors (Lipinski definition) is 4. The highest BCUT2D eigenvalue weighted by Crippen LogP contribution is 2.30. The molecule has 5 heteroatoms. The Morgan fingerprint density at radius 1 is 1.17 bits per heavy atom. The van der Waals surface area contributed by atoms with E-state index >= 15 is 0 Å². The molecule has 1 aliphatic rings. The molecule has 1 aromatic rings. The summed E-state index contributed by atoms with van der Waals surface area (Å²) < 4.78 is 0. The van der Waals surface area contributed by atoms with Crippen molar-refractivity contribution in [2.75, 3.05) is 18.0 Å². The van der Waals surface area contributed by atoms with Gasteiger partial charge < -0.3 is 10.0 Å². The molecule has 2 amide bonds. The smallest absolute Gasteiger partial charge is 0.246 e. The summed E-state index contributed by atoms with van der Waals surface area (Å²) in [6.45, 7) is 3.60. The largest absolute Gasteiger partial charge is 0.386 e. The van der Waals surface area contributed by atoms with E-state index in [0.29, 0.717) is 11.3 Å². The van der Waals surface area contributed by atoms with E-state index in [1.165, 1.54) is 0 Å². The van der Waals surface area contributed by atoms with Crippen LogP contribution in [-0.4, -0.2) is 30.0 Å². The second-order valence-electron chi connectivity index (χ2n) is 4.90. The molecule has 0 atom stereocenters. The SMILES string of the molecule is CC(C)(O)c1ccccc1N1CC(=O)NC(=O)C1. The molecule has 0 unspecified atom stereocenters. The van der Waals surface area contributed by atoms with E-state index in [0.717, 1.165) is 0 Å². The Kier molecular flexibility index (Phi) is 3.09. The van der Waals surface area contributed by atoms with E-state index < -0.39 is 5.60 Å². The molecule has 0 aliphatic carbocycles. The first-order chi connectivity index (χ1) is 8.38. The number of para-hydroxylation sites is 1. The van der Waals surface area contributed by atoms with Crippen LogP contribution in [-0.2, 0) is 15.2 Å². The van der Waals surface area contributed by atoms with Crippen LogP contribution in [0.5, 0.6) is 0 Å². The molecule has 1 fully saturated rings. The summed E-state index contributed by atoms with van der Waals surface area (Å²) in [6, 6.07) is 7.25. The highest BCUT2D eigenvalue weighted by Gasteiger charge is 2.27. The zero-order chi connectivity index (χ0) is 13.3. The van der Waals surface area contributed by atoms with E-state index in [9.17, 15) is 14.7 Å². The van der Waals surface area contributed by atoms with Gasteiger partial charge in [0.25, 0.3) is 0 Å². The number of carbonyl (C=O) groups excluding carboxylic acids is 2. The Morgan fingerprint density at radius 2 is 1.72 bits per heavy atom. The standard InChI is InChI=1S/C13H16N2O3/c1-13(2,18)9-5-3-4-6-10(9)15-7-11(16)14-12(17)8-15/h3-6,18H,7-8H2,1-2H3,(H,14,16,17). The topological polar surface area (TPSA) is 69.6 Å². The van der Waals surface area contributed by atoms with Crippen LogP contribution in [0.1, 0.15) is 19.4 Å². The number of hydrogen-bond donors (Lipinski definition) is 2. The normalized spacial score (nSPS) is 16.7. The number of amides is 2. The van der Waals surface area contributed by atoms with Crippen molar-refractivity contribution in [1.29, 1.82) is 0 Å². The van der Waals surface area contributed by atoms with Gasteiger partial charge in [-0.05, 0) is 19.9 Å². The number of imide groups is 1. The van der Waals surface area contributed by atoms with Gasteiger partial charge in [-0.15, -0.1) is 0 Å². The number of carbonyl (C=O) groups is 2. The summed E-state index contributed by atoms with van der Waals surface area (Å²) in [7, 11) is 0. The van der Waals surface area contributed by atoms with E-state index in [1.807, 2.05) is 12.1 Å². The van der Waals surface area contributed by atoms with E-state index in [-0.39, 0.29) is 24.9 Å². The average molecular weight is 248 g/mol.